The van der Waals surface area contributed by atoms with Crippen molar-refractivity contribution in [3.8, 4) is 0 Å². The molecule has 2 aromatic carbocycles. The first-order chi connectivity index (χ1) is 8.15. The highest BCUT2D eigenvalue weighted by molar-refractivity contribution is 14.1. The van der Waals surface area contributed by atoms with Gasteiger partial charge in [-0.3, -0.25) is 4.21 Å². The van der Waals surface area contributed by atoms with Crippen molar-refractivity contribution >= 4 is 45.0 Å². The Morgan fingerprint density at radius 2 is 1.59 bits per heavy atom. The summed E-state index contributed by atoms with van der Waals surface area (Å²) < 4.78 is 13.3. The Morgan fingerprint density at radius 3 is 2.18 bits per heavy atom. The smallest absolute Gasteiger partial charge is 0.0574 e. The molecule has 0 heterocycles. The van der Waals surface area contributed by atoms with Crippen LogP contribution in [0.2, 0.25) is 5.02 Å². The Bertz CT molecular complexity index is 522. The second-order valence-corrected chi connectivity index (χ2v) is 6.70. The lowest BCUT2D eigenvalue weighted by Crippen LogP contribution is -1.96. The van der Waals surface area contributed by atoms with Crippen LogP contribution in [-0.4, -0.2) is 4.21 Å². The molecule has 0 aliphatic heterocycles. The van der Waals surface area contributed by atoms with Gasteiger partial charge >= 0.3 is 0 Å². The van der Waals surface area contributed by atoms with Crippen molar-refractivity contribution in [2.75, 3.05) is 0 Å². The fourth-order valence-electron chi connectivity index (χ4n) is 1.40. The standard InChI is InChI=1S/C13H10ClIOS/c14-11-3-7-13(8-4-11)17(16)9-10-1-5-12(15)6-2-10/h1-8H,9H2. The Hall–Kier alpha value is -0.390. The second-order valence-electron chi connectivity index (χ2n) is 3.57. The number of halogens is 2. The minimum absolute atomic E-state index is 0.540. The van der Waals surface area contributed by atoms with Gasteiger partial charge in [0.15, 0.2) is 0 Å². The van der Waals surface area contributed by atoms with E-state index >= 15 is 0 Å². The highest BCUT2D eigenvalue weighted by Crippen LogP contribution is 2.16. The maximum atomic E-state index is 12.1. The van der Waals surface area contributed by atoms with Crippen LogP contribution >= 0.6 is 34.2 Å². The van der Waals surface area contributed by atoms with Gasteiger partial charge in [-0.15, -0.1) is 0 Å². The number of benzene rings is 2. The van der Waals surface area contributed by atoms with Gasteiger partial charge in [0.1, 0.15) is 0 Å². The van der Waals surface area contributed by atoms with Crippen molar-refractivity contribution in [2.24, 2.45) is 0 Å². The Balaban J connectivity index is 2.11. The summed E-state index contributed by atoms with van der Waals surface area (Å²) in [5, 5.41) is 0.667. The molecule has 0 saturated carbocycles. The van der Waals surface area contributed by atoms with Crippen LogP contribution < -0.4 is 0 Å². The van der Waals surface area contributed by atoms with Gasteiger partial charge in [0.2, 0.25) is 0 Å². The van der Waals surface area contributed by atoms with Gasteiger partial charge in [-0.1, -0.05) is 23.7 Å². The molecule has 0 spiro atoms. The van der Waals surface area contributed by atoms with E-state index in [-0.39, 0.29) is 0 Å². The van der Waals surface area contributed by atoms with Crippen LogP contribution in [0.3, 0.4) is 0 Å². The largest absolute Gasteiger partial charge is 0.254 e. The predicted octanol–water partition coefficient (Wildman–Crippen LogP) is 4.25. The zero-order valence-corrected chi connectivity index (χ0v) is 12.6. The molecule has 1 atom stereocenters. The van der Waals surface area contributed by atoms with Gasteiger partial charge in [-0.25, -0.2) is 0 Å². The van der Waals surface area contributed by atoms with Gasteiger partial charge in [0, 0.05) is 13.5 Å². The van der Waals surface area contributed by atoms with Crippen LogP contribution in [0.25, 0.3) is 0 Å². The summed E-state index contributed by atoms with van der Waals surface area (Å²) >= 11 is 8.05. The molecule has 0 aliphatic rings. The van der Waals surface area contributed by atoms with Crippen LogP contribution in [0, 0.1) is 3.57 Å². The quantitative estimate of drug-likeness (QED) is 0.732. The number of rotatable bonds is 3. The molecule has 0 radical (unpaired) electrons. The third-order valence-electron chi connectivity index (χ3n) is 2.29. The first kappa shape index (κ1) is 13.1. The van der Waals surface area contributed by atoms with Crippen molar-refractivity contribution in [1.82, 2.24) is 0 Å². The van der Waals surface area contributed by atoms with E-state index in [2.05, 4.69) is 22.6 Å². The van der Waals surface area contributed by atoms with Crippen molar-refractivity contribution in [3.63, 3.8) is 0 Å². The maximum Gasteiger partial charge on any atom is 0.0574 e. The Kier molecular flexibility index (Phi) is 4.59. The van der Waals surface area contributed by atoms with Crippen molar-refractivity contribution < 1.29 is 4.21 Å². The van der Waals surface area contributed by atoms with E-state index in [0.717, 1.165) is 10.5 Å². The monoisotopic (exact) mass is 376 g/mol. The molecule has 0 fully saturated rings. The topological polar surface area (TPSA) is 17.1 Å². The predicted molar refractivity (Wildman–Crippen MR) is 80.7 cm³/mol. The van der Waals surface area contributed by atoms with Crippen molar-refractivity contribution in [2.45, 2.75) is 10.6 Å². The van der Waals surface area contributed by atoms with E-state index in [4.69, 9.17) is 11.6 Å². The molecule has 1 nitrogen and oxygen atoms in total. The lowest BCUT2D eigenvalue weighted by molar-refractivity contribution is 0.682. The minimum Gasteiger partial charge on any atom is -0.254 e. The highest BCUT2D eigenvalue weighted by Gasteiger charge is 2.04. The van der Waals surface area contributed by atoms with Gasteiger partial charge in [0.05, 0.1) is 16.6 Å². The molecule has 0 bridgehead atoms. The van der Waals surface area contributed by atoms with Crippen molar-refractivity contribution in [1.29, 1.82) is 0 Å². The molecule has 0 amide bonds. The first-order valence-electron chi connectivity index (χ1n) is 5.03. The summed E-state index contributed by atoms with van der Waals surface area (Å²) in [6.07, 6.45) is 0. The van der Waals surface area contributed by atoms with Crippen molar-refractivity contribution in [3.05, 3.63) is 62.7 Å². The summed E-state index contributed by atoms with van der Waals surface area (Å²) in [4.78, 5) is 0.813. The molecule has 2 aromatic rings. The number of hydrogen-bond donors (Lipinski definition) is 0. The van der Waals surface area contributed by atoms with Crippen LogP contribution in [0.4, 0.5) is 0 Å². The van der Waals surface area contributed by atoms with E-state index in [1.807, 2.05) is 36.4 Å². The van der Waals surface area contributed by atoms with Crippen LogP contribution in [0.15, 0.2) is 53.4 Å². The van der Waals surface area contributed by atoms with Crippen LogP contribution in [0.1, 0.15) is 5.56 Å². The van der Waals surface area contributed by atoms with E-state index in [0.29, 0.717) is 10.8 Å². The third-order valence-corrected chi connectivity index (χ3v) is 4.65. The molecule has 0 aromatic heterocycles. The van der Waals surface area contributed by atoms with E-state index in [1.165, 1.54) is 3.57 Å². The Morgan fingerprint density at radius 1 is 1.00 bits per heavy atom. The first-order valence-corrected chi connectivity index (χ1v) is 7.81. The SMILES string of the molecule is O=S(Cc1ccc(I)cc1)c1ccc(Cl)cc1. The fraction of sp³-hybridized carbons (Fsp3) is 0.0769. The molecule has 4 heteroatoms. The van der Waals surface area contributed by atoms with E-state index < -0.39 is 10.8 Å². The Labute approximate surface area is 122 Å². The van der Waals surface area contributed by atoms with Crippen LogP contribution in [0.5, 0.6) is 0 Å². The lowest BCUT2D eigenvalue weighted by atomic mass is 10.2. The van der Waals surface area contributed by atoms with Gasteiger partial charge in [-0.2, -0.15) is 0 Å². The minimum atomic E-state index is -1.01. The summed E-state index contributed by atoms with van der Waals surface area (Å²) in [7, 11) is -1.01. The zero-order chi connectivity index (χ0) is 12.3. The molecule has 0 saturated heterocycles. The molecule has 0 N–H and O–H groups in total. The summed E-state index contributed by atoms with van der Waals surface area (Å²) in [5.74, 6) is 0.540. The molecule has 1 unspecified atom stereocenters. The lowest BCUT2D eigenvalue weighted by Gasteiger charge is -2.03. The molecule has 2 rings (SSSR count). The maximum absolute atomic E-state index is 12.1. The molecular weight excluding hydrogens is 367 g/mol. The highest BCUT2D eigenvalue weighted by atomic mass is 127. The van der Waals surface area contributed by atoms with Gasteiger partial charge in [0.25, 0.3) is 0 Å². The van der Waals surface area contributed by atoms with Gasteiger partial charge < -0.3 is 0 Å². The summed E-state index contributed by atoms with van der Waals surface area (Å²) in [5.41, 5.74) is 1.08. The second kappa shape index (κ2) is 5.98. The average molecular weight is 377 g/mol. The summed E-state index contributed by atoms with van der Waals surface area (Å²) in [6, 6.07) is 15.2. The average Bonchev–Trinajstić information content (AvgIpc) is 2.33. The number of hydrogen-bond acceptors (Lipinski definition) is 1. The molecular formula is C13H10ClIOS. The van der Waals surface area contributed by atoms with E-state index in [9.17, 15) is 4.21 Å². The summed E-state index contributed by atoms with van der Waals surface area (Å²) in [6.45, 7) is 0. The zero-order valence-electron chi connectivity index (χ0n) is 8.90. The van der Waals surface area contributed by atoms with E-state index in [1.54, 1.807) is 12.1 Å². The fourth-order valence-corrected chi connectivity index (χ4v) is 2.99. The van der Waals surface area contributed by atoms with Gasteiger partial charge in [-0.05, 0) is 64.6 Å². The molecule has 0 aliphatic carbocycles. The third kappa shape index (κ3) is 3.79. The van der Waals surface area contributed by atoms with Crippen LogP contribution in [-0.2, 0) is 16.6 Å². The molecule has 17 heavy (non-hydrogen) atoms. The normalized spacial score (nSPS) is 12.4. The molecule has 88 valence electrons.